The Bertz CT molecular complexity index is 440. The highest BCUT2D eigenvalue weighted by atomic mass is 32.2. The average Bonchev–Trinajstić information content (AvgIpc) is 2.16. The Kier molecular flexibility index (Phi) is 4.46. The van der Waals surface area contributed by atoms with Crippen LogP contribution >= 0.6 is 0 Å². The van der Waals surface area contributed by atoms with E-state index >= 15 is 0 Å². The van der Waals surface area contributed by atoms with Gasteiger partial charge in [-0.1, -0.05) is 38.1 Å². The minimum absolute atomic E-state index is 0.0837. The Balaban J connectivity index is 2.58. The maximum atomic E-state index is 10.6. The van der Waals surface area contributed by atoms with Gasteiger partial charge in [0.15, 0.2) is 0 Å². The summed E-state index contributed by atoms with van der Waals surface area (Å²) in [5.74, 6) is 0.458. The van der Waals surface area contributed by atoms with Crippen molar-refractivity contribution < 1.29 is 12.6 Å². The summed E-state index contributed by atoms with van der Waals surface area (Å²) in [7, 11) is -3.82. The first kappa shape index (κ1) is 13.2. The molecule has 0 atom stereocenters. The molecule has 1 aromatic carbocycles. The summed E-state index contributed by atoms with van der Waals surface area (Å²) in [5.41, 5.74) is 2.28. The molecule has 0 aliphatic carbocycles. The molecule has 5 heteroatoms. The zero-order chi connectivity index (χ0) is 12.2. The lowest BCUT2D eigenvalue weighted by Gasteiger charge is -2.07. The van der Waals surface area contributed by atoms with Crippen molar-refractivity contribution in [3.63, 3.8) is 0 Å². The van der Waals surface area contributed by atoms with Crippen molar-refractivity contribution in [2.75, 3.05) is 6.61 Å². The molecule has 0 aliphatic heterocycles. The summed E-state index contributed by atoms with van der Waals surface area (Å²) >= 11 is 0. The van der Waals surface area contributed by atoms with Gasteiger partial charge in [-0.2, -0.15) is 8.42 Å². The summed E-state index contributed by atoms with van der Waals surface area (Å²) in [6, 6.07) is 8.01. The van der Waals surface area contributed by atoms with Gasteiger partial charge in [-0.15, -0.1) is 0 Å². The third kappa shape index (κ3) is 4.74. The maximum absolute atomic E-state index is 10.6. The molecule has 1 aromatic rings. The van der Waals surface area contributed by atoms with Crippen molar-refractivity contribution >= 4 is 10.3 Å². The van der Waals surface area contributed by atoms with Gasteiger partial charge >= 0.3 is 10.3 Å². The molecule has 0 bridgehead atoms. The monoisotopic (exact) mass is 243 g/mol. The van der Waals surface area contributed by atoms with Crippen LogP contribution in [0.2, 0.25) is 0 Å². The van der Waals surface area contributed by atoms with Crippen LogP contribution in [-0.2, 0) is 20.9 Å². The molecular formula is C11H17NO3S. The van der Waals surface area contributed by atoms with Crippen LogP contribution in [0, 0.1) is 0 Å². The molecule has 0 aromatic heterocycles. The van der Waals surface area contributed by atoms with Crippen molar-refractivity contribution in [1.82, 2.24) is 0 Å². The fraction of sp³-hybridized carbons (Fsp3) is 0.455. The fourth-order valence-electron chi connectivity index (χ4n) is 1.38. The van der Waals surface area contributed by atoms with Crippen LogP contribution in [0.25, 0.3) is 0 Å². The van der Waals surface area contributed by atoms with Gasteiger partial charge in [0.05, 0.1) is 6.61 Å². The van der Waals surface area contributed by atoms with Gasteiger partial charge in [0.2, 0.25) is 0 Å². The Hall–Kier alpha value is -0.910. The summed E-state index contributed by atoms with van der Waals surface area (Å²) in [4.78, 5) is 0. The third-order valence-corrected chi connectivity index (χ3v) is 2.75. The molecule has 16 heavy (non-hydrogen) atoms. The van der Waals surface area contributed by atoms with Crippen LogP contribution < -0.4 is 5.14 Å². The number of hydrogen-bond donors (Lipinski definition) is 1. The van der Waals surface area contributed by atoms with Crippen LogP contribution in [0.15, 0.2) is 24.3 Å². The minimum atomic E-state index is -3.82. The smallest absolute Gasteiger partial charge is 0.258 e. The standard InChI is InChI=1S/C11H17NO3S/c1-9(2)11-5-3-4-10(8-11)6-7-15-16(12,13)14/h3-5,8-9H,6-7H2,1-2H3,(H2,12,13,14). The predicted octanol–water partition coefficient (Wildman–Crippen LogP) is 1.57. The Morgan fingerprint density at radius 2 is 2.06 bits per heavy atom. The lowest BCUT2D eigenvalue weighted by molar-refractivity contribution is 0.322. The van der Waals surface area contributed by atoms with Gasteiger partial charge in [0, 0.05) is 0 Å². The maximum Gasteiger partial charge on any atom is 0.333 e. The van der Waals surface area contributed by atoms with Gasteiger partial charge < -0.3 is 0 Å². The zero-order valence-corrected chi connectivity index (χ0v) is 10.3. The quantitative estimate of drug-likeness (QED) is 0.853. The van der Waals surface area contributed by atoms with Gasteiger partial charge in [-0.05, 0) is 23.5 Å². The van der Waals surface area contributed by atoms with E-state index in [2.05, 4.69) is 30.2 Å². The number of benzene rings is 1. The van der Waals surface area contributed by atoms with Crippen molar-refractivity contribution in [3.8, 4) is 0 Å². The third-order valence-electron chi connectivity index (χ3n) is 2.26. The second kappa shape index (κ2) is 5.43. The molecule has 2 N–H and O–H groups in total. The highest BCUT2D eigenvalue weighted by Crippen LogP contribution is 2.15. The second-order valence-corrected chi connectivity index (χ2v) is 5.19. The molecule has 0 unspecified atom stereocenters. The zero-order valence-electron chi connectivity index (χ0n) is 9.51. The molecule has 0 heterocycles. The van der Waals surface area contributed by atoms with E-state index in [1.165, 1.54) is 5.56 Å². The molecule has 1 rings (SSSR count). The molecule has 90 valence electrons. The van der Waals surface area contributed by atoms with E-state index in [0.717, 1.165) is 5.56 Å². The van der Waals surface area contributed by atoms with E-state index < -0.39 is 10.3 Å². The molecule has 0 radical (unpaired) electrons. The Labute approximate surface area is 96.7 Å². The second-order valence-electron chi connectivity index (χ2n) is 3.96. The van der Waals surface area contributed by atoms with Crippen molar-refractivity contribution in [3.05, 3.63) is 35.4 Å². The van der Waals surface area contributed by atoms with Crippen molar-refractivity contribution in [1.29, 1.82) is 0 Å². The van der Waals surface area contributed by atoms with E-state index in [9.17, 15) is 8.42 Å². The topological polar surface area (TPSA) is 69.4 Å². The van der Waals surface area contributed by atoms with Gasteiger partial charge in [0.1, 0.15) is 0 Å². The van der Waals surface area contributed by atoms with Crippen LogP contribution in [0.1, 0.15) is 30.9 Å². The van der Waals surface area contributed by atoms with E-state index in [4.69, 9.17) is 5.14 Å². The van der Waals surface area contributed by atoms with Crippen molar-refractivity contribution in [2.45, 2.75) is 26.2 Å². The molecule has 0 aliphatic rings. The molecule has 0 spiro atoms. The van der Waals surface area contributed by atoms with E-state index in [0.29, 0.717) is 12.3 Å². The minimum Gasteiger partial charge on any atom is -0.258 e. The van der Waals surface area contributed by atoms with Crippen LogP contribution in [-0.4, -0.2) is 15.0 Å². The first-order valence-corrected chi connectivity index (χ1v) is 6.61. The van der Waals surface area contributed by atoms with Crippen LogP contribution in [0.5, 0.6) is 0 Å². The Morgan fingerprint density at radius 3 is 2.62 bits per heavy atom. The molecule has 0 amide bonds. The van der Waals surface area contributed by atoms with Gasteiger partial charge in [-0.25, -0.2) is 5.14 Å². The first-order chi connectivity index (χ1) is 7.38. The van der Waals surface area contributed by atoms with Gasteiger partial charge in [0.25, 0.3) is 0 Å². The normalized spacial score (nSPS) is 12.0. The molecule has 0 fully saturated rings. The molecule has 4 nitrogen and oxygen atoms in total. The lowest BCUT2D eigenvalue weighted by Crippen LogP contribution is -2.17. The van der Waals surface area contributed by atoms with E-state index in [-0.39, 0.29) is 6.61 Å². The van der Waals surface area contributed by atoms with E-state index in [1.807, 2.05) is 12.1 Å². The SMILES string of the molecule is CC(C)c1cccc(CCOS(N)(=O)=O)c1. The predicted molar refractivity (Wildman–Crippen MR) is 63.3 cm³/mol. The lowest BCUT2D eigenvalue weighted by atomic mass is 10.00. The molecule has 0 saturated heterocycles. The molecular weight excluding hydrogens is 226 g/mol. The molecule has 0 saturated carbocycles. The number of nitrogens with two attached hydrogens (primary N) is 1. The highest BCUT2D eigenvalue weighted by Gasteiger charge is 2.03. The van der Waals surface area contributed by atoms with Crippen LogP contribution in [0.4, 0.5) is 0 Å². The average molecular weight is 243 g/mol. The summed E-state index contributed by atoms with van der Waals surface area (Å²) in [6.45, 7) is 4.31. The number of hydrogen-bond acceptors (Lipinski definition) is 3. The van der Waals surface area contributed by atoms with E-state index in [1.54, 1.807) is 0 Å². The van der Waals surface area contributed by atoms with Crippen molar-refractivity contribution in [2.24, 2.45) is 5.14 Å². The van der Waals surface area contributed by atoms with Gasteiger partial charge in [-0.3, -0.25) is 4.18 Å². The Morgan fingerprint density at radius 1 is 1.38 bits per heavy atom. The largest absolute Gasteiger partial charge is 0.333 e. The highest BCUT2D eigenvalue weighted by molar-refractivity contribution is 7.84. The fourth-order valence-corrected chi connectivity index (χ4v) is 1.70. The summed E-state index contributed by atoms with van der Waals surface area (Å²) < 4.78 is 25.6. The summed E-state index contributed by atoms with van der Waals surface area (Å²) in [5, 5.41) is 4.73. The first-order valence-electron chi connectivity index (χ1n) is 5.14. The summed E-state index contributed by atoms with van der Waals surface area (Å²) in [6.07, 6.45) is 0.539. The van der Waals surface area contributed by atoms with Crippen LogP contribution in [0.3, 0.4) is 0 Å². The number of rotatable bonds is 5.